The van der Waals surface area contributed by atoms with E-state index in [1.54, 1.807) is 12.1 Å². The lowest BCUT2D eigenvalue weighted by atomic mass is 9.87. The summed E-state index contributed by atoms with van der Waals surface area (Å²) in [5.74, 6) is 0.237. The van der Waals surface area contributed by atoms with Gasteiger partial charge in [-0.2, -0.15) is 0 Å². The van der Waals surface area contributed by atoms with Gasteiger partial charge in [0.2, 0.25) is 0 Å². The highest BCUT2D eigenvalue weighted by molar-refractivity contribution is 5.32. The van der Waals surface area contributed by atoms with Crippen molar-refractivity contribution in [2.75, 3.05) is 20.2 Å². The molecule has 0 aliphatic carbocycles. The summed E-state index contributed by atoms with van der Waals surface area (Å²) in [5, 5.41) is 0. The Morgan fingerprint density at radius 3 is 2.33 bits per heavy atom. The predicted octanol–water partition coefficient (Wildman–Crippen LogP) is 3.49. The van der Waals surface area contributed by atoms with Gasteiger partial charge in [-0.15, -0.1) is 0 Å². The first-order chi connectivity index (χ1) is 9.96. The average molecular weight is 294 g/mol. The van der Waals surface area contributed by atoms with E-state index in [2.05, 4.69) is 18.7 Å². The first-order valence-electron chi connectivity index (χ1n) is 7.81. The number of ether oxygens (including phenoxy) is 1. The van der Waals surface area contributed by atoms with Gasteiger partial charge in [-0.3, -0.25) is 4.90 Å². The summed E-state index contributed by atoms with van der Waals surface area (Å²) < 4.78 is 19.3. The molecule has 1 unspecified atom stereocenters. The van der Waals surface area contributed by atoms with E-state index in [1.165, 1.54) is 38.9 Å². The molecule has 1 heterocycles. The van der Waals surface area contributed by atoms with Crippen LogP contribution >= 0.6 is 0 Å². The number of rotatable bonds is 4. The molecule has 2 rings (SSSR count). The zero-order valence-electron chi connectivity index (χ0n) is 13.4. The second-order valence-corrected chi connectivity index (χ2v) is 6.42. The standard InChI is InChI=1S/C17H27FN2O/c1-17(2,20-10-6-4-5-7-11-20)16(19)14-9-8-13(21-3)12-15(14)18/h8-9,12,16H,4-7,10-11,19H2,1-3H3. The summed E-state index contributed by atoms with van der Waals surface area (Å²) in [4.78, 5) is 2.41. The predicted molar refractivity (Wildman–Crippen MR) is 84.0 cm³/mol. The van der Waals surface area contributed by atoms with Crippen molar-refractivity contribution in [3.05, 3.63) is 29.6 Å². The first kappa shape index (κ1) is 16.2. The van der Waals surface area contributed by atoms with Crippen LogP contribution in [0.15, 0.2) is 18.2 Å². The lowest BCUT2D eigenvalue weighted by Crippen LogP contribution is -2.51. The molecule has 0 bridgehead atoms. The van der Waals surface area contributed by atoms with Gasteiger partial charge in [0.25, 0.3) is 0 Å². The van der Waals surface area contributed by atoms with Crippen molar-refractivity contribution in [3.63, 3.8) is 0 Å². The molecule has 1 aliphatic heterocycles. The number of halogens is 1. The van der Waals surface area contributed by atoms with Crippen molar-refractivity contribution in [1.82, 2.24) is 4.90 Å². The van der Waals surface area contributed by atoms with Gasteiger partial charge in [-0.25, -0.2) is 4.39 Å². The van der Waals surface area contributed by atoms with Crippen LogP contribution in [0.2, 0.25) is 0 Å². The molecule has 4 heteroatoms. The van der Waals surface area contributed by atoms with Crippen molar-refractivity contribution < 1.29 is 9.13 Å². The Labute approximate surface area is 127 Å². The minimum atomic E-state index is -0.360. The van der Waals surface area contributed by atoms with Crippen molar-refractivity contribution in [3.8, 4) is 5.75 Å². The van der Waals surface area contributed by atoms with E-state index >= 15 is 0 Å². The molecular formula is C17H27FN2O. The summed E-state index contributed by atoms with van der Waals surface area (Å²) in [6.07, 6.45) is 4.94. The monoisotopic (exact) mass is 294 g/mol. The lowest BCUT2D eigenvalue weighted by Gasteiger charge is -2.42. The maximum absolute atomic E-state index is 14.3. The summed E-state index contributed by atoms with van der Waals surface area (Å²) in [6, 6.07) is 4.57. The molecule has 1 aliphatic rings. The lowest BCUT2D eigenvalue weighted by molar-refractivity contribution is 0.0967. The van der Waals surface area contributed by atoms with E-state index in [4.69, 9.17) is 10.5 Å². The topological polar surface area (TPSA) is 38.5 Å². The molecule has 1 aromatic rings. The Morgan fingerprint density at radius 1 is 1.19 bits per heavy atom. The van der Waals surface area contributed by atoms with Crippen LogP contribution < -0.4 is 10.5 Å². The van der Waals surface area contributed by atoms with Crippen LogP contribution in [0.4, 0.5) is 4.39 Å². The Morgan fingerprint density at radius 2 is 1.81 bits per heavy atom. The summed E-state index contributed by atoms with van der Waals surface area (Å²) >= 11 is 0. The average Bonchev–Trinajstić information content (AvgIpc) is 2.76. The highest BCUT2D eigenvalue weighted by Crippen LogP contribution is 2.33. The minimum Gasteiger partial charge on any atom is -0.497 e. The molecule has 21 heavy (non-hydrogen) atoms. The highest BCUT2D eigenvalue weighted by Gasteiger charge is 2.35. The van der Waals surface area contributed by atoms with Crippen LogP contribution in [0.1, 0.15) is 51.1 Å². The van der Waals surface area contributed by atoms with E-state index in [1.807, 2.05) is 0 Å². The normalized spacial score (nSPS) is 19.1. The van der Waals surface area contributed by atoms with Gasteiger partial charge in [-0.05, 0) is 45.8 Å². The molecular weight excluding hydrogens is 267 g/mol. The molecule has 0 radical (unpaired) electrons. The van der Waals surface area contributed by atoms with Crippen LogP contribution in [-0.2, 0) is 0 Å². The molecule has 1 saturated heterocycles. The van der Waals surface area contributed by atoms with Crippen LogP contribution in [0.5, 0.6) is 5.75 Å². The van der Waals surface area contributed by atoms with Crippen molar-refractivity contribution >= 4 is 0 Å². The molecule has 2 N–H and O–H groups in total. The Bertz CT molecular complexity index is 468. The number of nitrogens with zero attached hydrogens (tertiary/aromatic N) is 1. The van der Waals surface area contributed by atoms with Gasteiger partial charge >= 0.3 is 0 Å². The molecule has 1 atom stereocenters. The van der Waals surface area contributed by atoms with Gasteiger partial charge in [0.15, 0.2) is 0 Å². The molecule has 3 nitrogen and oxygen atoms in total. The summed E-state index contributed by atoms with van der Waals surface area (Å²) in [6.45, 7) is 6.32. The fraction of sp³-hybridized carbons (Fsp3) is 0.647. The Balaban J connectivity index is 2.22. The molecule has 0 amide bonds. The van der Waals surface area contributed by atoms with Crippen LogP contribution in [0.3, 0.4) is 0 Å². The molecule has 0 spiro atoms. The van der Waals surface area contributed by atoms with Gasteiger partial charge in [0.1, 0.15) is 11.6 Å². The third-order valence-electron chi connectivity index (χ3n) is 4.72. The smallest absolute Gasteiger partial charge is 0.131 e. The summed E-state index contributed by atoms with van der Waals surface area (Å²) in [5.41, 5.74) is 6.72. The van der Waals surface area contributed by atoms with E-state index in [0.29, 0.717) is 11.3 Å². The van der Waals surface area contributed by atoms with E-state index in [-0.39, 0.29) is 17.4 Å². The quantitative estimate of drug-likeness (QED) is 0.924. The number of likely N-dealkylation sites (tertiary alicyclic amines) is 1. The number of nitrogens with two attached hydrogens (primary N) is 1. The van der Waals surface area contributed by atoms with E-state index in [9.17, 15) is 4.39 Å². The zero-order chi connectivity index (χ0) is 15.5. The maximum Gasteiger partial charge on any atom is 0.131 e. The van der Waals surface area contributed by atoms with Crippen molar-refractivity contribution in [2.24, 2.45) is 5.73 Å². The molecule has 0 saturated carbocycles. The Hall–Kier alpha value is -1.13. The maximum atomic E-state index is 14.3. The van der Waals surface area contributed by atoms with Crippen molar-refractivity contribution in [1.29, 1.82) is 0 Å². The largest absolute Gasteiger partial charge is 0.497 e. The molecule has 1 aromatic carbocycles. The number of benzene rings is 1. The van der Waals surface area contributed by atoms with Crippen LogP contribution in [-0.4, -0.2) is 30.6 Å². The third kappa shape index (κ3) is 3.55. The second-order valence-electron chi connectivity index (χ2n) is 6.42. The number of hydrogen-bond acceptors (Lipinski definition) is 3. The van der Waals surface area contributed by atoms with Gasteiger partial charge in [-0.1, -0.05) is 18.9 Å². The Kier molecular flexibility index (Phi) is 5.22. The van der Waals surface area contributed by atoms with Gasteiger partial charge in [0, 0.05) is 17.2 Å². The molecule has 118 valence electrons. The van der Waals surface area contributed by atoms with Gasteiger partial charge < -0.3 is 10.5 Å². The first-order valence-corrected chi connectivity index (χ1v) is 7.81. The summed E-state index contributed by atoms with van der Waals surface area (Å²) in [7, 11) is 1.54. The zero-order valence-corrected chi connectivity index (χ0v) is 13.4. The van der Waals surface area contributed by atoms with E-state index < -0.39 is 0 Å². The highest BCUT2D eigenvalue weighted by atomic mass is 19.1. The van der Waals surface area contributed by atoms with Gasteiger partial charge in [0.05, 0.1) is 13.2 Å². The second kappa shape index (κ2) is 6.75. The SMILES string of the molecule is COc1ccc(C(N)C(C)(C)N2CCCCCC2)c(F)c1. The fourth-order valence-electron chi connectivity index (χ4n) is 3.11. The van der Waals surface area contributed by atoms with Crippen LogP contribution in [0.25, 0.3) is 0 Å². The number of methoxy groups -OCH3 is 1. The molecule has 1 fully saturated rings. The fourth-order valence-corrected chi connectivity index (χ4v) is 3.11. The van der Waals surface area contributed by atoms with Crippen molar-refractivity contribution in [2.45, 2.75) is 51.1 Å². The van der Waals surface area contributed by atoms with E-state index in [0.717, 1.165) is 13.1 Å². The third-order valence-corrected chi connectivity index (χ3v) is 4.72. The molecule has 0 aromatic heterocycles. The van der Waals surface area contributed by atoms with Crippen LogP contribution in [0, 0.1) is 5.82 Å². The minimum absolute atomic E-state index is 0.264. The number of hydrogen-bond donors (Lipinski definition) is 1.